The zero-order chi connectivity index (χ0) is 28.4. The van der Waals surface area contributed by atoms with Gasteiger partial charge >= 0.3 is 5.97 Å². The molecule has 2 aliphatic heterocycles. The van der Waals surface area contributed by atoms with Gasteiger partial charge < -0.3 is 9.47 Å². The zero-order valence-corrected chi connectivity index (χ0v) is 24.6. The molecule has 0 bridgehead atoms. The lowest BCUT2D eigenvalue weighted by Gasteiger charge is -2.42. The van der Waals surface area contributed by atoms with E-state index < -0.39 is 10.8 Å². The van der Waals surface area contributed by atoms with Crippen LogP contribution >= 0.6 is 10.8 Å². The lowest BCUT2D eigenvalue weighted by molar-refractivity contribution is -0.143. The summed E-state index contributed by atoms with van der Waals surface area (Å²) in [6.45, 7) is 8.81. The van der Waals surface area contributed by atoms with Crippen molar-refractivity contribution in [1.29, 1.82) is 0 Å². The van der Waals surface area contributed by atoms with Crippen molar-refractivity contribution in [2.45, 2.75) is 70.2 Å². The first-order chi connectivity index (χ1) is 19.2. The molecule has 5 rings (SSSR count). The number of para-hydroxylation sites is 1. The van der Waals surface area contributed by atoms with E-state index in [0.717, 1.165) is 41.8 Å². The minimum Gasteiger partial charge on any atom is -0.487 e. The fraction of sp³-hybridized carbons (Fsp3) is 0.406. The molecule has 0 radical (unpaired) electrons. The number of carbonyl (C=O) groups excluding carboxylic acids is 1. The highest BCUT2D eigenvalue weighted by Gasteiger charge is 2.35. The van der Waals surface area contributed by atoms with Crippen LogP contribution in [0.2, 0.25) is 0 Å². The Morgan fingerprint density at radius 2 is 1.77 bits per heavy atom. The maximum absolute atomic E-state index is 12.7. The summed E-state index contributed by atoms with van der Waals surface area (Å²) < 4.78 is 36.3. The van der Waals surface area contributed by atoms with Crippen LogP contribution in [0.3, 0.4) is 0 Å². The van der Waals surface area contributed by atoms with Gasteiger partial charge in [-0.15, -0.1) is 10.8 Å². The highest BCUT2D eigenvalue weighted by atomic mass is 32.3. The van der Waals surface area contributed by atoms with Gasteiger partial charge in [0.1, 0.15) is 16.7 Å². The smallest absolute Gasteiger partial charge is 0.306 e. The first-order valence-electron chi connectivity index (χ1n) is 14.0. The van der Waals surface area contributed by atoms with Crippen molar-refractivity contribution in [3.8, 4) is 5.75 Å². The number of carbonyl (C=O) groups is 1. The normalized spacial score (nSPS) is 20.1. The number of ether oxygens (including phenoxy) is 2. The Morgan fingerprint density at radius 1 is 1.05 bits per heavy atom. The third-order valence-corrected chi connectivity index (χ3v) is 9.90. The molecule has 2 aliphatic rings. The number of benzene rings is 3. The Hall–Kier alpha value is -2.88. The van der Waals surface area contributed by atoms with Crippen LogP contribution in [0.1, 0.15) is 66.0 Å². The van der Waals surface area contributed by atoms with E-state index in [-0.39, 0.29) is 24.4 Å². The molecule has 0 spiro atoms. The fourth-order valence-corrected chi connectivity index (χ4v) is 7.33. The van der Waals surface area contributed by atoms with Gasteiger partial charge in [0.15, 0.2) is 0 Å². The maximum atomic E-state index is 12.7. The summed E-state index contributed by atoms with van der Waals surface area (Å²) in [7, 11) is -1.16. The number of aryl methyl sites for hydroxylation is 1. The Labute approximate surface area is 239 Å². The van der Waals surface area contributed by atoms with Crippen molar-refractivity contribution in [2.75, 3.05) is 20.2 Å². The molecule has 7 nitrogen and oxygen atoms in total. The third kappa shape index (κ3) is 5.92. The Kier molecular flexibility index (Phi) is 8.54. The van der Waals surface area contributed by atoms with Gasteiger partial charge in [-0.3, -0.25) is 18.8 Å². The van der Waals surface area contributed by atoms with Crippen molar-refractivity contribution in [3.05, 3.63) is 94.0 Å². The molecule has 0 saturated heterocycles. The summed E-state index contributed by atoms with van der Waals surface area (Å²) in [5.41, 5.74) is 6.76. The molecule has 0 saturated carbocycles. The van der Waals surface area contributed by atoms with E-state index in [1.54, 1.807) is 22.5 Å². The second-order valence-corrected chi connectivity index (χ2v) is 12.9. The Bertz CT molecular complexity index is 1380. The largest absolute Gasteiger partial charge is 0.487 e. The summed E-state index contributed by atoms with van der Waals surface area (Å²) in [5.74, 6) is 0.124. The van der Waals surface area contributed by atoms with Gasteiger partial charge in [0.05, 0.1) is 19.6 Å². The molecule has 40 heavy (non-hydrogen) atoms. The molecular weight excluding hydrogens is 524 g/mol. The number of nitrogens with zero attached hydrogens (tertiary/aromatic N) is 2. The Morgan fingerprint density at radius 3 is 2.55 bits per heavy atom. The van der Waals surface area contributed by atoms with Crippen molar-refractivity contribution < 1.29 is 23.4 Å². The highest BCUT2D eigenvalue weighted by molar-refractivity contribution is 8.22. The van der Waals surface area contributed by atoms with Gasteiger partial charge in [-0.2, -0.15) is 4.31 Å². The van der Waals surface area contributed by atoms with E-state index >= 15 is 0 Å². The second kappa shape index (κ2) is 11.9. The molecule has 8 heteroatoms. The molecule has 0 amide bonds. The quantitative estimate of drug-likeness (QED) is 0.294. The fourth-order valence-electron chi connectivity index (χ4n) is 5.71. The minimum atomic E-state index is -3.27. The molecule has 0 aromatic heterocycles. The molecule has 2 heterocycles. The first kappa shape index (κ1) is 28.6. The molecule has 0 fully saturated rings. The molecule has 3 aromatic rings. The predicted octanol–water partition coefficient (Wildman–Crippen LogP) is 6.72. The van der Waals surface area contributed by atoms with Crippen LogP contribution < -0.4 is 4.74 Å². The summed E-state index contributed by atoms with van der Waals surface area (Å²) in [4.78, 5) is 15.4. The van der Waals surface area contributed by atoms with Crippen LogP contribution in [-0.4, -0.2) is 50.6 Å². The minimum absolute atomic E-state index is 0.167. The average Bonchev–Trinajstić information content (AvgIpc) is 3.26. The summed E-state index contributed by atoms with van der Waals surface area (Å²) in [6, 6.07) is 20.0. The zero-order valence-electron chi connectivity index (χ0n) is 23.8. The van der Waals surface area contributed by atoms with Crippen molar-refractivity contribution in [2.24, 2.45) is 0 Å². The van der Waals surface area contributed by atoms with Crippen LogP contribution in [0, 0.1) is 6.92 Å². The number of hydrogen-bond acceptors (Lipinski definition) is 7. The first-order valence-corrected chi connectivity index (χ1v) is 15.5. The average molecular weight is 565 g/mol. The van der Waals surface area contributed by atoms with Gasteiger partial charge in [-0.05, 0) is 72.8 Å². The summed E-state index contributed by atoms with van der Waals surface area (Å²) >= 11 is 0. The third-order valence-electron chi connectivity index (χ3n) is 7.97. The highest BCUT2D eigenvalue weighted by Crippen LogP contribution is 2.57. The topological polar surface area (TPSA) is 82.5 Å². The number of hydrogen-bond donors (Lipinski definition) is 2. The monoisotopic (exact) mass is 564 g/mol. The lowest BCUT2D eigenvalue weighted by Crippen LogP contribution is -2.34. The molecule has 2 atom stereocenters. The van der Waals surface area contributed by atoms with Crippen LogP contribution in [0.25, 0.3) is 0 Å². The van der Waals surface area contributed by atoms with E-state index in [9.17, 15) is 13.9 Å². The van der Waals surface area contributed by atoms with E-state index in [4.69, 9.17) is 9.47 Å². The summed E-state index contributed by atoms with van der Waals surface area (Å²) in [6.07, 6.45) is 0.816. The van der Waals surface area contributed by atoms with Crippen LogP contribution in [0.15, 0.2) is 65.6 Å². The van der Waals surface area contributed by atoms with Crippen molar-refractivity contribution in [3.63, 3.8) is 0 Å². The van der Waals surface area contributed by atoms with Crippen LogP contribution in [0.5, 0.6) is 5.75 Å². The van der Waals surface area contributed by atoms with E-state index in [0.29, 0.717) is 30.3 Å². The van der Waals surface area contributed by atoms with Crippen LogP contribution in [-0.2, 0) is 29.2 Å². The van der Waals surface area contributed by atoms with Gasteiger partial charge in [0, 0.05) is 25.6 Å². The second-order valence-electron chi connectivity index (χ2n) is 10.9. The van der Waals surface area contributed by atoms with Crippen molar-refractivity contribution in [1.82, 2.24) is 9.21 Å². The number of esters is 1. The van der Waals surface area contributed by atoms with E-state index in [1.165, 1.54) is 11.1 Å². The molecule has 3 aromatic carbocycles. The molecule has 2 N–H and O–H groups in total. The van der Waals surface area contributed by atoms with Gasteiger partial charge in [0.2, 0.25) is 0 Å². The lowest BCUT2D eigenvalue weighted by atomic mass is 9.85. The van der Waals surface area contributed by atoms with Gasteiger partial charge in [0.25, 0.3) is 0 Å². The SMILES string of the molecule is CCOC(=O)CC(c1ccc(C)c(CN2CC(CC)Oc3ccccc3S2(O)O)c1)c1ccc2c(c1)CN(C)C2. The number of rotatable bonds is 8. The van der Waals surface area contributed by atoms with E-state index in [1.807, 2.05) is 26.8 Å². The van der Waals surface area contributed by atoms with Gasteiger partial charge in [-0.25, -0.2) is 0 Å². The van der Waals surface area contributed by atoms with Crippen molar-refractivity contribution >= 4 is 16.7 Å². The molecule has 2 unspecified atom stereocenters. The Balaban J connectivity index is 1.50. The molecule has 214 valence electrons. The van der Waals surface area contributed by atoms with E-state index in [2.05, 4.69) is 48.3 Å². The summed E-state index contributed by atoms with van der Waals surface area (Å²) in [5, 5.41) is 0. The molecule has 0 aliphatic carbocycles. The van der Waals surface area contributed by atoms with Crippen LogP contribution in [0.4, 0.5) is 0 Å². The maximum Gasteiger partial charge on any atom is 0.306 e. The predicted molar refractivity (Wildman–Crippen MR) is 159 cm³/mol. The van der Waals surface area contributed by atoms with Gasteiger partial charge in [-0.1, -0.05) is 55.5 Å². The molecular formula is C32H40N2O5S. The number of fused-ring (bicyclic) bond motifs is 2. The standard InChI is InChI=1S/C32H40N2O5S/c1-5-28-21-34(40(36,37)31-10-8-7-9-30(31)39-28)20-26-15-23(12-11-22(26)3)29(17-32(35)38-6-2)24-13-14-25-18-33(4)19-27(25)16-24/h7-16,28-29,36-37H,5-6,17-21H2,1-4H3.